The molecule has 0 heterocycles. The van der Waals surface area contributed by atoms with Crippen LogP contribution >= 0.6 is 0 Å². The number of Topliss-reactive ketones (excluding diaryl/α,β-unsaturated/α-hetero) is 2. The molecule has 0 aromatic carbocycles. The minimum Gasteiger partial charge on any atom is -0.379 e. The Morgan fingerprint density at radius 2 is 0.824 bits per heavy atom. The average molecular weight is 473 g/mol. The number of hydrogen-bond donors (Lipinski definition) is 0. The summed E-state index contributed by atoms with van der Waals surface area (Å²) in [6.07, 6.45) is 18.5. The highest BCUT2D eigenvalue weighted by molar-refractivity contribution is 6.30. The molecule has 0 aromatic heterocycles. The van der Waals surface area contributed by atoms with Crippen molar-refractivity contribution in [2.45, 2.75) is 129 Å². The highest BCUT2D eigenvalue weighted by atomic mass is 16.5. The fraction of sp³-hybridized carbons (Fsp3) is 0.933. The summed E-state index contributed by atoms with van der Waals surface area (Å²) in [5.41, 5.74) is -1.16. The van der Waals surface area contributed by atoms with Gasteiger partial charge in [-0.25, -0.2) is 0 Å². The largest absolute Gasteiger partial charge is 0.379 e. The van der Waals surface area contributed by atoms with Crippen LogP contribution in [0.3, 0.4) is 0 Å². The van der Waals surface area contributed by atoms with E-state index >= 15 is 0 Å². The summed E-state index contributed by atoms with van der Waals surface area (Å²) in [5.74, 6) is 3.72. The lowest BCUT2D eigenvalue weighted by Gasteiger charge is -2.58. The topological polar surface area (TPSA) is 52.6 Å². The van der Waals surface area contributed by atoms with Crippen molar-refractivity contribution in [2.75, 3.05) is 13.2 Å². The lowest BCUT2D eigenvalue weighted by molar-refractivity contribution is -0.179. The maximum atomic E-state index is 13.7. The number of carbonyl (C=O) groups excluding carboxylic acids is 2. The van der Waals surface area contributed by atoms with E-state index in [2.05, 4.69) is 13.8 Å². The van der Waals surface area contributed by atoms with Crippen molar-refractivity contribution in [3.8, 4) is 0 Å². The van der Waals surface area contributed by atoms with Gasteiger partial charge in [0.2, 0.25) is 0 Å². The zero-order chi connectivity index (χ0) is 23.8. The normalized spacial score (nSPS) is 45.5. The Kier molecular flexibility index (Phi) is 7.57. The van der Waals surface area contributed by atoms with Crippen molar-refractivity contribution in [1.82, 2.24) is 0 Å². The molecular weight excluding hydrogens is 424 g/mol. The number of rotatable bonds is 6. The Labute approximate surface area is 207 Å². The fourth-order valence-electron chi connectivity index (χ4n) is 9.10. The molecule has 5 rings (SSSR count). The van der Waals surface area contributed by atoms with Crippen molar-refractivity contribution >= 4 is 11.6 Å². The molecule has 2 spiro atoms. The van der Waals surface area contributed by atoms with Crippen molar-refractivity contribution in [3.63, 3.8) is 0 Å². The predicted molar refractivity (Wildman–Crippen MR) is 134 cm³/mol. The molecule has 5 aliphatic carbocycles. The van der Waals surface area contributed by atoms with Crippen LogP contribution in [0.4, 0.5) is 0 Å². The molecule has 0 saturated heterocycles. The van der Waals surface area contributed by atoms with E-state index in [9.17, 15) is 9.59 Å². The second-order valence-electron chi connectivity index (χ2n) is 12.5. The molecule has 0 unspecified atom stereocenters. The second-order valence-corrected chi connectivity index (χ2v) is 12.5. The van der Waals surface area contributed by atoms with Gasteiger partial charge in [0.25, 0.3) is 0 Å². The molecule has 0 aromatic rings. The molecule has 0 N–H and O–H groups in total. The Hall–Kier alpha value is -0.740. The molecule has 34 heavy (non-hydrogen) atoms. The summed E-state index contributed by atoms with van der Waals surface area (Å²) in [4.78, 5) is 27.3. The molecule has 192 valence electrons. The zero-order valence-electron chi connectivity index (χ0n) is 21.8. The summed E-state index contributed by atoms with van der Waals surface area (Å²) in [6, 6.07) is 0. The minimum absolute atomic E-state index is 0.363. The lowest BCUT2D eigenvalue weighted by Crippen LogP contribution is -2.68. The minimum atomic E-state index is -0.582. The summed E-state index contributed by atoms with van der Waals surface area (Å²) >= 11 is 0. The summed E-state index contributed by atoms with van der Waals surface area (Å²) < 4.78 is 11.7. The van der Waals surface area contributed by atoms with Crippen molar-refractivity contribution in [3.05, 3.63) is 0 Å². The first-order chi connectivity index (χ1) is 16.5. The van der Waals surface area contributed by atoms with Gasteiger partial charge >= 0.3 is 0 Å². The Morgan fingerprint density at radius 1 is 0.529 bits per heavy atom. The molecule has 0 amide bonds. The van der Waals surface area contributed by atoms with Gasteiger partial charge in [-0.05, 0) is 140 Å². The van der Waals surface area contributed by atoms with E-state index in [0.29, 0.717) is 35.6 Å². The SMILES string of the molecule is CCOC1CCC(C2CCC3(CC2)C(=O)C2(CCC(C4CCC(OCC)CC4)CC2)C3=O)CC1. The molecule has 4 nitrogen and oxygen atoms in total. The Bertz CT molecular complexity index is 634. The van der Waals surface area contributed by atoms with Crippen LogP contribution in [-0.2, 0) is 19.1 Å². The van der Waals surface area contributed by atoms with Crippen LogP contribution in [0.2, 0.25) is 0 Å². The van der Waals surface area contributed by atoms with E-state index in [1.807, 2.05) is 0 Å². The van der Waals surface area contributed by atoms with E-state index in [1.165, 1.54) is 51.4 Å². The van der Waals surface area contributed by atoms with Gasteiger partial charge in [0, 0.05) is 13.2 Å². The van der Waals surface area contributed by atoms with Gasteiger partial charge in [0.1, 0.15) is 0 Å². The maximum absolute atomic E-state index is 13.7. The first-order valence-electron chi connectivity index (χ1n) is 14.9. The number of ether oxygens (including phenoxy) is 2. The third kappa shape index (κ3) is 4.33. The van der Waals surface area contributed by atoms with Gasteiger partial charge in [0.05, 0.1) is 23.0 Å². The summed E-state index contributed by atoms with van der Waals surface area (Å²) in [6.45, 7) is 5.82. The quantitative estimate of drug-likeness (QED) is 0.405. The molecule has 0 radical (unpaired) electrons. The van der Waals surface area contributed by atoms with Crippen molar-refractivity contribution < 1.29 is 19.1 Å². The number of carbonyl (C=O) groups is 2. The van der Waals surface area contributed by atoms with E-state index < -0.39 is 10.8 Å². The standard InChI is InChI=1S/C30H48O4/c1-3-33-25-9-5-21(6-10-25)23-13-17-29(18-14-23)27(31)30(28(29)32)19-15-24(16-20-30)22-7-11-26(12-8-22)34-4-2/h21-26H,3-20H2,1-2H3. The average Bonchev–Trinajstić information content (AvgIpc) is 2.89. The molecule has 5 fully saturated rings. The van der Waals surface area contributed by atoms with Crippen LogP contribution < -0.4 is 0 Å². The first kappa shape index (κ1) is 24.9. The Balaban J connectivity index is 1.10. The number of hydrogen-bond acceptors (Lipinski definition) is 4. The maximum Gasteiger partial charge on any atom is 0.159 e. The van der Waals surface area contributed by atoms with Gasteiger partial charge < -0.3 is 9.47 Å². The smallest absolute Gasteiger partial charge is 0.159 e. The lowest BCUT2D eigenvalue weighted by atomic mass is 9.41. The number of ketones is 2. The molecule has 5 aliphatic rings. The molecule has 4 heteroatoms. The first-order valence-corrected chi connectivity index (χ1v) is 14.9. The highest BCUT2D eigenvalue weighted by Gasteiger charge is 2.71. The Morgan fingerprint density at radius 3 is 1.12 bits per heavy atom. The van der Waals surface area contributed by atoms with Gasteiger partial charge in [-0.1, -0.05) is 0 Å². The van der Waals surface area contributed by atoms with Crippen molar-refractivity contribution in [2.24, 2.45) is 34.5 Å². The predicted octanol–water partition coefficient (Wildman–Crippen LogP) is 6.68. The fourth-order valence-corrected chi connectivity index (χ4v) is 9.10. The summed E-state index contributed by atoms with van der Waals surface area (Å²) in [7, 11) is 0. The van der Waals surface area contributed by atoms with Gasteiger partial charge in [0.15, 0.2) is 11.6 Å². The van der Waals surface area contributed by atoms with Crippen LogP contribution in [-0.4, -0.2) is 37.0 Å². The van der Waals surface area contributed by atoms with Gasteiger partial charge in [-0.2, -0.15) is 0 Å². The highest BCUT2D eigenvalue weighted by Crippen LogP contribution is 2.62. The molecule has 0 aliphatic heterocycles. The van der Waals surface area contributed by atoms with Gasteiger partial charge in [-0.15, -0.1) is 0 Å². The third-order valence-electron chi connectivity index (χ3n) is 11.1. The third-order valence-corrected chi connectivity index (χ3v) is 11.1. The molecule has 0 atom stereocenters. The second kappa shape index (κ2) is 10.3. The van der Waals surface area contributed by atoms with Crippen LogP contribution in [0.1, 0.15) is 117 Å². The van der Waals surface area contributed by atoms with E-state index in [1.54, 1.807) is 0 Å². The van der Waals surface area contributed by atoms with Crippen LogP contribution in [0.25, 0.3) is 0 Å². The zero-order valence-corrected chi connectivity index (χ0v) is 21.8. The molecular formula is C30H48O4. The summed E-state index contributed by atoms with van der Waals surface area (Å²) in [5, 5.41) is 0. The van der Waals surface area contributed by atoms with Crippen molar-refractivity contribution in [1.29, 1.82) is 0 Å². The van der Waals surface area contributed by atoms with E-state index in [4.69, 9.17) is 9.47 Å². The molecule has 0 bridgehead atoms. The van der Waals surface area contributed by atoms with Crippen LogP contribution in [0.15, 0.2) is 0 Å². The van der Waals surface area contributed by atoms with Gasteiger partial charge in [-0.3, -0.25) is 9.59 Å². The monoisotopic (exact) mass is 472 g/mol. The van der Waals surface area contributed by atoms with E-state index in [-0.39, 0.29) is 0 Å². The van der Waals surface area contributed by atoms with Crippen LogP contribution in [0.5, 0.6) is 0 Å². The van der Waals surface area contributed by atoms with Crippen LogP contribution in [0, 0.1) is 34.5 Å². The molecule has 5 saturated carbocycles. The van der Waals surface area contributed by atoms with E-state index in [0.717, 1.165) is 76.4 Å².